The number of anilines is 1. The maximum Gasteiger partial charge on any atom is 0.422 e. The van der Waals surface area contributed by atoms with Gasteiger partial charge in [0.1, 0.15) is 12.4 Å². The first-order valence-electron chi connectivity index (χ1n) is 9.32. The van der Waals surface area contributed by atoms with Crippen LogP contribution in [0.15, 0.2) is 24.3 Å². The van der Waals surface area contributed by atoms with Gasteiger partial charge in [0.15, 0.2) is 6.61 Å². The summed E-state index contributed by atoms with van der Waals surface area (Å²) in [4.78, 5) is 14.5. The van der Waals surface area contributed by atoms with Gasteiger partial charge in [-0.15, -0.1) is 0 Å². The Hall–Kier alpha value is -2.01. The number of ether oxygens (including phenoxy) is 1. The number of amides is 1. The van der Waals surface area contributed by atoms with Crippen LogP contribution in [0.3, 0.4) is 0 Å². The minimum Gasteiger partial charge on any atom is -0.484 e. The molecule has 1 aliphatic carbocycles. The fourth-order valence-electron chi connectivity index (χ4n) is 3.57. The summed E-state index contributed by atoms with van der Waals surface area (Å²) in [5.74, 6) is 0.177. The molecule has 1 saturated heterocycles. The number of aliphatic hydroxyl groups excluding tert-OH is 2. The minimum atomic E-state index is -4.40. The number of nitrogens with zero attached hydrogens (tertiary/aromatic N) is 1. The van der Waals surface area contributed by atoms with Crippen LogP contribution in [0.25, 0.3) is 0 Å². The maximum absolute atomic E-state index is 12.8. The summed E-state index contributed by atoms with van der Waals surface area (Å²) < 4.78 is 72.7. The molecule has 0 aromatic heterocycles. The topological polar surface area (TPSA) is 70.0 Å². The van der Waals surface area contributed by atoms with E-state index in [9.17, 15) is 36.2 Å². The Morgan fingerprint density at radius 2 is 1.53 bits per heavy atom. The average Bonchev–Trinajstić information content (AvgIpc) is 2.99. The molecule has 0 unspecified atom stereocenters. The number of aliphatic hydroxyl groups is 2. The zero-order valence-electron chi connectivity index (χ0n) is 16.0. The highest BCUT2D eigenvalue weighted by atomic mass is 19.4. The fraction of sp³-hybridized carbons (Fsp3) is 0.632. The Morgan fingerprint density at radius 1 is 1.00 bits per heavy atom. The first-order chi connectivity index (χ1) is 13.9. The highest BCUT2D eigenvalue weighted by molar-refractivity contribution is 6.00. The van der Waals surface area contributed by atoms with Crippen LogP contribution in [0, 0.1) is 5.41 Å². The van der Waals surface area contributed by atoms with E-state index in [2.05, 4.69) is 4.74 Å². The van der Waals surface area contributed by atoms with Crippen LogP contribution in [0.2, 0.25) is 0 Å². The summed E-state index contributed by atoms with van der Waals surface area (Å²) in [6, 6.07) is 6.12. The Labute approximate surface area is 169 Å². The van der Waals surface area contributed by atoms with Crippen LogP contribution >= 0.6 is 0 Å². The monoisotopic (exact) mass is 443 g/mol. The summed E-state index contributed by atoms with van der Waals surface area (Å²) in [6.45, 7) is -2.47. The van der Waals surface area contributed by atoms with Gasteiger partial charge in [0.25, 0.3) is 0 Å². The van der Waals surface area contributed by atoms with Gasteiger partial charge in [-0.25, -0.2) is 0 Å². The van der Waals surface area contributed by atoms with Crippen molar-refractivity contribution < 1.29 is 46.1 Å². The lowest BCUT2D eigenvalue weighted by molar-refractivity contribution is -0.159. The number of hydrogen-bond acceptors (Lipinski definition) is 4. The second-order valence-electron chi connectivity index (χ2n) is 7.39. The lowest BCUT2D eigenvalue weighted by atomic mass is 9.72. The van der Waals surface area contributed by atoms with E-state index in [1.807, 2.05) is 0 Å². The van der Waals surface area contributed by atoms with Crippen LogP contribution < -0.4 is 9.64 Å². The lowest BCUT2D eigenvalue weighted by Gasteiger charge is -2.33. The minimum absolute atomic E-state index is 0.0540. The Kier molecular flexibility index (Phi) is 7.62. The molecule has 2 fully saturated rings. The van der Waals surface area contributed by atoms with Crippen molar-refractivity contribution in [3.8, 4) is 5.75 Å². The molecular weight excluding hydrogens is 420 g/mol. The number of benzene rings is 1. The van der Waals surface area contributed by atoms with Crippen molar-refractivity contribution >= 4 is 11.6 Å². The highest BCUT2D eigenvalue weighted by Gasteiger charge is 2.48. The predicted molar refractivity (Wildman–Crippen MR) is 95.0 cm³/mol. The van der Waals surface area contributed by atoms with Crippen LogP contribution in [-0.2, 0) is 4.79 Å². The van der Waals surface area contributed by atoms with E-state index in [1.54, 1.807) is 17.0 Å². The second-order valence-corrected chi connectivity index (χ2v) is 7.39. The molecule has 0 atom stereocenters. The van der Waals surface area contributed by atoms with E-state index in [0.717, 1.165) is 6.42 Å². The van der Waals surface area contributed by atoms with Crippen molar-refractivity contribution in [3.63, 3.8) is 0 Å². The Morgan fingerprint density at radius 3 is 2.00 bits per heavy atom. The summed E-state index contributed by atoms with van der Waals surface area (Å²) in [7, 11) is 0. The third-order valence-corrected chi connectivity index (χ3v) is 5.16. The van der Waals surface area contributed by atoms with Crippen LogP contribution in [-0.4, -0.2) is 54.3 Å². The van der Waals surface area contributed by atoms with Crippen LogP contribution in [0.4, 0.5) is 32.0 Å². The number of rotatable bonds is 3. The molecule has 0 radical (unpaired) electrons. The third-order valence-electron chi connectivity index (χ3n) is 5.16. The molecular formula is C19H23F6NO4. The van der Waals surface area contributed by atoms with Crippen molar-refractivity contribution in [2.45, 2.75) is 50.6 Å². The average molecular weight is 443 g/mol. The molecule has 1 aromatic rings. The highest BCUT2D eigenvalue weighted by Crippen LogP contribution is 2.46. The molecule has 1 heterocycles. The molecule has 1 spiro atoms. The van der Waals surface area contributed by atoms with Crippen molar-refractivity contribution in [2.24, 2.45) is 5.41 Å². The molecule has 2 N–H and O–H groups in total. The van der Waals surface area contributed by atoms with E-state index in [4.69, 9.17) is 5.11 Å². The van der Waals surface area contributed by atoms with Gasteiger partial charge >= 0.3 is 12.4 Å². The molecule has 170 valence electrons. The first-order valence-corrected chi connectivity index (χ1v) is 9.32. The van der Waals surface area contributed by atoms with Gasteiger partial charge < -0.3 is 19.8 Å². The van der Waals surface area contributed by atoms with E-state index in [-0.39, 0.29) is 23.2 Å². The van der Waals surface area contributed by atoms with Gasteiger partial charge in [0.2, 0.25) is 5.91 Å². The fourth-order valence-corrected chi connectivity index (χ4v) is 3.57. The largest absolute Gasteiger partial charge is 0.484 e. The van der Waals surface area contributed by atoms with E-state index < -0.39 is 25.6 Å². The predicted octanol–water partition coefficient (Wildman–Crippen LogP) is 3.83. The SMILES string of the molecule is O=C1N(c2ccc(OCC(F)(F)F)cc2)CCC12CCC(O)CC2.OCC(F)(F)F. The summed E-state index contributed by atoms with van der Waals surface area (Å²) in [6.07, 6.45) is -5.67. The van der Waals surface area contributed by atoms with E-state index >= 15 is 0 Å². The third kappa shape index (κ3) is 6.76. The quantitative estimate of drug-likeness (QED) is 0.697. The molecule has 11 heteroatoms. The van der Waals surface area contributed by atoms with Crippen LogP contribution in [0.5, 0.6) is 5.75 Å². The molecule has 2 aliphatic rings. The Balaban J connectivity index is 0.000000469. The number of carbonyl (C=O) groups excluding carboxylic acids is 1. The van der Waals surface area contributed by atoms with Crippen LogP contribution in [0.1, 0.15) is 32.1 Å². The molecule has 30 heavy (non-hydrogen) atoms. The number of hydrogen-bond donors (Lipinski definition) is 2. The smallest absolute Gasteiger partial charge is 0.422 e. The van der Waals surface area contributed by atoms with Gasteiger partial charge in [-0.1, -0.05) is 0 Å². The first kappa shape index (κ1) is 24.3. The van der Waals surface area contributed by atoms with Gasteiger partial charge in [-0.05, 0) is 56.4 Å². The zero-order valence-corrected chi connectivity index (χ0v) is 16.0. The summed E-state index contributed by atoms with van der Waals surface area (Å²) >= 11 is 0. The zero-order chi connectivity index (χ0) is 22.6. The molecule has 1 aromatic carbocycles. The molecule has 0 bridgehead atoms. The van der Waals surface area contributed by atoms with Crippen molar-refractivity contribution in [1.29, 1.82) is 0 Å². The standard InChI is InChI=1S/C17H20F3NO3.C2H3F3O/c18-17(19,20)11-24-14-3-1-12(2-4-14)21-10-9-16(15(21)23)7-5-13(22)6-8-16;3-2(4,5)1-6/h1-4,13,22H,5-11H2;6H,1H2. The summed E-state index contributed by atoms with van der Waals surface area (Å²) in [5, 5.41) is 16.9. The molecule has 1 amide bonds. The van der Waals surface area contributed by atoms with Gasteiger partial charge in [0.05, 0.1) is 11.5 Å². The van der Waals surface area contributed by atoms with E-state index in [1.165, 1.54) is 12.1 Å². The molecule has 1 aliphatic heterocycles. The molecule has 5 nitrogen and oxygen atoms in total. The van der Waals surface area contributed by atoms with E-state index in [0.29, 0.717) is 37.9 Å². The van der Waals surface area contributed by atoms with Gasteiger partial charge in [-0.2, -0.15) is 26.3 Å². The number of halogens is 6. The second kappa shape index (κ2) is 9.42. The lowest BCUT2D eigenvalue weighted by Crippen LogP contribution is -2.38. The normalized spacial score (nSPS) is 24.6. The molecule has 3 rings (SSSR count). The molecule has 1 saturated carbocycles. The number of alkyl halides is 6. The van der Waals surface area contributed by atoms with Crippen molar-refractivity contribution in [2.75, 3.05) is 24.7 Å². The van der Waals surface area contributed by atoms with Crippen molar-refractivity contribution in [1.82, 2.24) is 0 Å². The van der Waals surface area contributed by atoms with Gasteiger partial charge in [0, 0.05) is 12.2 Å². The Bertz CT molecular complexity index is 696. The summed E-state index contributed by atoms with van der Waals surface area (Å²) in [5.41, 5.74) is 0.285. The van der Waals surface area contributed by atoms with Gasteiger partial charge in [-0.3, -0.25) is 4.79 Å². The maximum atomic E-state index is 12.8. The van der Waals surface area contributed by atoms with Crippen molar-refractivity contribution in [3.05, 3.63) is 24.3 Å². The number of carbonyl (C=O) groups is 1.